The van der Waals surface area contributed by atoms with Crippen LogP contribution in [0.1, 0.15) is 59.8 Å². The molecule has 0 heterocycles. The van der Waals surface area contributed by atoms with Crippen molar-refractivity contribution in [1.29, 1.82) is 0 Å². The minimum Gasteiger partial charge on any atom is -0.317 e. The van der Waals surface area contributed by atoms with Crippen LogP contribution < -0.4 is 5.32 Å². The summed E-state index contributed by atoms with van der Waals surface area (Å²) in [5.74, 6) is 6.45. The van der Waals surface area contributed by atoms with Crippen molar-refractivity contribution in [1.82, 2.24) is 5.32 Å². The van der Waals surface area contributed by atoms with E-state index in [0.29, 0.717) is 0 Å². The Bertz CT molecular complexity index is 217. The van der Waals surface area contributed by atoms with Gasteiger partial charge in [-0.15, -0.1) is 0 Å². The van der Waals surface area contributed by atoms with Gasteiger partial charge in [-0.25, -0.2) is 0 Å². The molecule has 1 fully saturated rings. The molecule has 0 saturated heterocycles. The monoisotopic (exact) mass is 285 g/mol. The molecule has 1 saturated carbocycles. The van der Waals surface area contributed by atoms with E-state index in [9.17, 15) is 0 Å². The number of hydrogen-bond acceptors (Lipinski definition) is 2. The quantitative estimate of drug-likeness (QED) is 0.610. The van der Waals surface area contributed by atoms with E-state index in [1.165, 1.54) is 50.2 Å². The summed E-state index contributed by atoms with van der Waals surface area (Å²) in [6, 6.07) is 0. The first-order valence-electron chi connectivity index (χ1n) is 8.47. The van der Waals surface area contributed by atoms with Gasteiger partial charge < -0.3 is 5.32 Å². The lowest BCUT2D eigenvalue weighted by atomic mass is 9.69. The fraction of sp³-hybridized carbons (Fsp3) is 1.00. The Balaban J connectivity index is 2.40. The molecule has 3 unspecified atom stereocenters. The Morgan fingerprint density at radius 2 is 1.95 bits per heavy atom. The smallest absolute Gasteiger partial charge is 0.00180 e. The molecule has 0 aromatic carbocycles. The molecule has 3 atom stereocenters. The van der Waals surface area contributed by atoms with E-state index in [1.807, 2.05) is 0 Å². The largest absolute Gasteiger partial charge is 0.317 e. The van der Waals surface area contributed by atoms with Crippen molar-refractivity contribution in [2.24, 2.45) is 23.7 Å². The van der Waals surface area contributed by atoms with Crippen LogP contribution in [-0.2, 0) is 0 Å². The predicted octanol–water partition coefficient (Wildman–Crippen LogP) is 4.82. The van der Waals surface area contributed by atoms with Crippen molar-refractivity contribution < 1.29 is 0 Å². The average Bonchev–Trinajstić information content (AvgIpc) is 2.41. The van der Waals surface area contributed by atoms with Crippen molar-refractivity contribution in [2.75, 3.05) is 24.6 Å². The molecule has 1 N–H and O–H groups in total. The highest BCUT2D eigenvalue weighted by Crippen LogP contribution is 2.39. The molecule has 1 rings (SSSR count). The van der Waals surface area contributed by atoms with Gasteiger partial charge in [-0.2, -0.15) is 11.8 Å². The Labute approximate surface area is 125 Å². The maximum Gasteiger partial charge on any atom is -0.00180 e. The molecule has 0 radical (unpaired) electrons. The molecule has 114 valence electrons. The van der Waals surface area contributed by atoms with E-state index >= 15 is 0 Å². The lowest BCUT2D eigenvalue weighted by molar-refractivity contribution is 0.138. The molecular formula is C17H35NS. The first-order chi connectivity index (χ1) is 9.19. The summed E-state index contributed by atoms with van der Waals surface area (Å²) in [7, 11) is 0. The van der Waals surface area contributed by atoms with Crippen LogP contribution in [0.3, 0.4) is 0 Å². The maximum absolute atomic E-state index is 3.59. The molecule has 19 heavy (non-hydrogen) atoms. The summed E-state index contributed by atoms with van der Waals surface area (Å²) in [5, 5.41) is 3.59. The van der Waals surface area contributed by atoms with Gasteiger partial charge >= 0.3 is 0 Å². The van der Waals surface area contributed by atoms with E-state index in [4.69, 9.17) is 0 Å². The van der Waals surface area contributed by atoms with Gasteiger partial charge in [0.05, 0.1) is 0 Å². The Kier molecular flexibility index (Phi) is 9.23. The van der Waals surface area contributed by atoms with Gasteiger partial charge in [0.15, 0.2) is 0 Å². The zero-order valence-electron chi connectivity index (χ0n) is 13.6. The van der Waals surface area contributed by atoms with Crippen LogP contribution in [0.5, 0.6) is 0 Å². The van der Waals surface area contributed by atoms with Crippen LogP contribution >= 0.6 is 11.8 Å². The molecule has 0 aromatic rings. The van der Waals surface area contributed by atoms with Gasteiger partial charge in [-0.1, -0.05) is 27.7 Å². The fourth-order valence-electron chi connectivity index (χ4n) is 3.51. The van der Waals surface area contributed by atoms with Gasteiger partial charge in [-0.3, -0.25) is 0 Å². The standard InChI is InChI=1S/C17H35NS/c1-5-18-13-17-10-9-15(14(3)4)12-16(17)8-7-11-19-6-2/h14-18H,5-13H2,1-4H3. The van der Waals surface area contributed by atoms with E-state index in [2.05, 4.69) is 44.8 Å². The highest BCUT2D eigenvalue weighted by Gasteiger charge is 2.30. The number of nitrogens with one attached hydrogen (secondary N) is 1. The topological polar surface area (TPSA) is 12.0 Å². The van der Waals surface area contributed by atoms with Gasteiger partial charge in [0.2, 0.25) is 0 Å². The minimum absolute atomic E-state index is 0.882. The van der Waals surface area contributed by atoms with Crippen molar-refractivity contribution in [3.05, 3.63) is 0 Å². The molecule has 0 bridgehead atoms. The van der Waals surface area contributed by atoms with Crippen LogP contribution in [0.15, 0.2) is 0 Å². The molecule has 0 amide bonds. The Morgan fingerprint density at radius 1 is 1.16 bits per heavy atom. The summed E-state index contributed by atoms with van der Waals surface area (Å²) >= 11 is 2.11. The molecule has 0 spiro atoms. The molecular weight excluding hydrogens is 250 g/mol. The Hall–Kier alpha value is 0.310. The number of hydrogen-bond donors (Lipinski definition) is 1. The predicted molar refractivity (Wildman–Crippen MR) is 89.9 cm³/mol. The second-order valence-electron chi connectivity index (χ2n) is 6.48. The lowest BCUT2D eigenvalue weighted by Crippen LogP contribution is -2.34. The first kappa shape index (κ1) is 17.4. The van der Waals surface area contributed by atoms with E-state index in [0.717, 1.165) is 30.2 Å². The van der Waals surface area contributed by atoms with Crippen LogP contribution in [0.25, 0.3) is 0 Å². The van der Waals surface area contributed by atoms with Gasteiger partial charge in [-0.05, 0) is 80.4 Å². The molecule has 0 aliphatic heterocycles. The highest BCUT2D eigenvalue weighted by atomic mass is 32.2. The molecule has 1 nitrogen and oxygen atoms in total. The summed E-state index contributed by atoms with van der Waals surface area (Å²) in [4.78, 5) is 0. The van der Waals surface area contributed by atoms with Crippen molar-refractivity contribution in [2.45, 2.75) is 59.8 Å². The zero-order chi connectivity index (χ0) is 14.1. The summed E-state index contributed by atoms with van der Waals surface area (Å²) < 4.78 is 0. The molecule has 0 aromatic heterocycles. The summed E-state index contributed by atoms with van der Waals surface area (Å²) in [6.07, 6.45) is 7.31. The van der Waals surface area contributed by atoms with Crippen LogP contribution in [0, 0.1) is 23.7 Å². The van der Waals surface area contributed by atoms with E-state index in [1.54, 1.807) is 0 Å². The summed E-state index contributed by atoms with van der Waals surface area (Å²) in [6.45, 7) is 11.7. The van der Waals surface area contributed by atoms with Crippen LogP contribution in [0.4, 0.5) is 0 Å². The number of rotatable bonds is 9. The van der Waals surface area contributed by atoms with Crippen LogP contribution in [-0.4, -0.2) is 24.6 Å². The van der Waals surface area contributed by atoms with Crippen molar-refractivity contribution in [3.8, 4) is 0 Å². The molecule has 1 aliphatic carbocycles. The second kappa shape index (κ2) is 10.1. The SMILES string of the molecule is CCNCC1CCC(C(C)C)CC1CCCSCC. The second-order valence-corrected chi connectivity index (χ2v) is 7.88. The lowest BCUT2D eigenvalue weighted by Gasteiger charge is -2.38. The third kappa shape index (κ3) is 6.53. The van der Waals surface area contributed by atoms with Crippen LogP contribution in [0.2, 0.25) is 0 Å². The summed E-state index contributed by atoms with van der Waals surface area (Å²) in [5.41, 5.74) is 0. The molecule has 2 heteroatoms. The Morgan fingerprint density at radius 3 is 2.58 bits per heavy atom. The average molecular weight is 286 g/mol. The van der Waals surface area contributed by atoms with Gasteiger partial charge in [0, 0.05) is 0 Å². The van der Waals surface area contributed by atoms with Gasteiger partial charge in [0.25, 0.3) is 0 Å². The third-order valence-corrected chi connectivity index (χ3v) is 5.83. The van der Waals surface area contributed by atoms with Gasteiger partial charge in [0.1, 0.15) is 0 Å². The molecule has 1 aliphatic rings. The van der Waals surface area contributed by atoms with Crippen molar-refractivity contribution >= 4 is 11.8 Å². The van der Waals surface area contributed by atoms with Crippen molar-refractivity contribution in [3.63, 3.8) is 0 Å². The first-order valence-corrected chi connectivity index (χ1v) is 9.62. The van der Waals surface area contributed by atoms with E-state index < -0.39 is 0 Å². The minimum atomic E-state index is 0.882. The number of thioether (sulfide) groups is 1. The maximum atomic E-state index is 3.59. The third-order valence-electron chi connectivity index (χ3n) is 4.85. The normalized spacial score (nSPS) is 27.9. The fourth-order valence-corrected chi connectivity index (χ4v) is 4.17. The highest BCUT2D eigenvalue weighted by molar-refractivity contribution is 7.99. The van der Waals surface area contributed by atoms with E-state index in [-0.39, 0.29) is 0 Å². The zero-order valence-corrected chi connectivity index (χ0v) is 14.4.